The number of fused-ring (bicyclic) bond motifs is 3. The summed E-state index contributed by atoms with van der Waals surface area (Å²) in [6, 6.07) is 3.22. The minimum Gasteiger partial charge on any atom is -0.469 e. The SMILES string of the molecule is COC(=O)[C@@H]1C[C@H](OC(C)=O)C(=O)[C@H]2[C@@]1(C)CC[C@H]1C(=O)O[C@H](C(O)c3ccco3)C[C@]21C. The molecule has 3 fully saturated rings. The number of furan rings is 1. The summed E-state index contributed by atoms with van der Waals surface area (Å²) in [6.07, 6.45) is -0.700. The molecule has 1 aromatic rings. The van der Waals surface area contributed by atoms with Crippen molar-refractivity contribution in [2.75, 3.05) is 7.11 Å². The normalized spacial score (nSPS) is 39.0. The molecule has 1 aromatic heterocycles. The third-order valence-electron chi connectivity index (χ3n) is 8.11. The second-order valence-electron chi connectivity index (χ2n) is 9.99. The fourth-order valence-corrected chi connectivity index (χ4v) is 6.68. The van der Waals surface area contributed by atoms with Crippen molar-refractivity contribution < 1.29 is 42.9 Å². The minimum atomic E-state index is -1.20. The van der Waals surface area contributed by atoms with Gasteiger partial charge in [-0.25, -0.2) is 0 Å². The van der Waals surface area contributed by atoms with Crippen molar-refractivity contribution in [2.45, 2.75) is 64.8 Å². The molecule has 2 heterocycles. The molecule has 9 nitrogen and oxygen atoms in total. The lowest BCUT2D eigenvalue weighted by atomic mass is 9.43. The molecule has 0 spiro atoms. The van der Waals surface area contributed by atoms with Crippen LogP contribution in [0.3, 0.4) is 0 Å². The quantitative estimate of drug-likeness (QED) is 0.529. The largest absolute Gasteiger partial charge is 0.469 e. The number of carbonyl (C=O) groups excluding carboxylic acids is 4. The van der Waals surface area contributed by atoms with Gasteiger partial charge in [0.05, 0.1) is 25.2 Å². The molecule has 8 atom stereocenters. The van der Waals surface area contributed by atoms with Crippen molar-refractivity contribution in [1.29, 1.82) is 0 Å². The molecular weight excluding hydrogens is 432 g/mol. The van der Waals surface area contributed by atoms with Crippen LogP contribution in [0.15, 0.2) is 22.8 Å². The Morgan fingerprint density at radius 1 is 1.24 bits per heavy atom. The average Bonchev–Trinajstić information content (AvgIpc) is 3.28. The Kier molecular flexibility index (Phi) is 5.88. The molecule has 0 amide bonds. The monoisotopic (exact) mass is 462 g/mol. The van der Waals surface area contributed by atoms with Crippen LogP contribution in [-0.2, 0) is 33.4 Å². The molecule has 4 rings (SSSR count). The number of Topliss-reactive ketones (excluding diaryl/α,β-unsaturated/α-hetero) is 1. The van der Waals surface area contributed by atoms with Crippen molar-refractivity contribution in [3.63, 3.8) is 0 Å². The number of ether oxygens (including phenoxy) is 3. The first kappa shape index (κ1) is 23.5. The van der Waals surface area contributed by atoms with Gasteiger partial charge in [-0.15, -0.1) is 0 Å². The Labute approximate surface area is 191 Å². The molecule has 1 N–H and O–H groups in total. The van der Waals surface area contributed by atoms with E-state index in [1.807, 2.05) is 13.8 Å². The second-order valence-corrected chi connectivity index (χ2v) is 9.99. The minimum absolute atomic E-state index is 0.0434. The summed E-state index contributed by atoms with van der Waals surface area (Å²) >= 11 is 0. The molecule has 0 bridgehead atoms. The van der Waals surface area contributed by atoms with E-state index in [1.165, 1.54) is 20.3 Å². The van der Waals surface area contributed by atoms with Gasteiger partial charge in [0.2, 0.25) is 0 Å². The van der Waals surface area contributed by atoms with Crippen LogP contribution < -0.4 is 0 Å². The van der Waals surface area contributed by atoms with Crippen LogP contribution in [0, 0.1) is 28.6 Å². The number of ketones is 1. The summed E-state index contributed by atoms with van der Waals surface area (Å²) in [5, 5.41) is 10.8. The van der Waals surface area contributed by atoms with Gasteiger partial charge >= 0.3 is 17.9 Å². The molecule has 0 aromatic carbocycles. The molecule has 180 valence electrons. The van der Waals surface area contributed by atoms with E-state index in [0.717, 1.165) is 0 Å². The summed E-state index contributed by atoms with van der Waals surface area (Å²) in [5.74, 6) is -3.67. The summed E-state index contributed by atoms with van der Waals surface area (Å²) < 4.78 is 21.3. The van der Waals surface area contributed by atoms with Crippen molar-refractivity contribution in [1.82, 2.24) is 0 Å². The maximum atomic E-state index is 13.8. The van der Waals surface area contributed by atoms with E-state index >= 15 is 0 Å². The van der Waals surface area contributed by atoms with E-state index in [0.29, 0.717) is 12.8 Å². The van der Waals surface area contributed by atoms with Gasteiger partial charge in [-0.3, -0.25) is 19.2 Å². The van der Waals surface area contributed by atoms with Gasteiger partial charge in [0.15, 0.2) is 11.9 Å². The summed E-state index contributed by atoms with van der Waals surface area (Å²) in [6.45, 7) is 4.93. The fourth-order valence-electron chi connectivity index (χ4n) is 6.68. The van der Waals surface area contributed by atoms with Crippen molar-refractivity contribution in [3.05, 3.63) is 24.2 Å². The maximum absolute atomic E-state index is 13.8. The zero-order chi connectivity index (χ0) is 24.1. The van der Waals surface area contributed by atoms with Gasteiger partial charge in [-0.2, -0.15) is 0 Å². The molecule has 1 unspecified atom stereocenters. The highest BCUT2D eigenvalue weighted by atomic mass is 16.6. The number of aliphatic hydroxyl groups is 1. The number of carbonyl (C=O) groups is 4. The van der Waals surface area contributed by atoms with E-state index in [9.17, 15) is 24.3 Å². The van der Waals surface area contributed by atoms with E-state index in [2.05, 4.69) is 0 Å². The van der Waals surface area contributed by atoms with Gasteiger partial charge in [-0.05, 0) is 42.2 Å². The predicted octanol–water partition coefficient (Wildman–Crippen LogP) is 2.36. The number of cyclic esters (lactones) is 1. The first-order valence-electron chi connectivity index (χ1n) is 11.2. The third kappa shape index (κ3) is 3.66. The average molecular weight is 462 g/mol. The van der Waals surface area contributed by atoms with Crippen molar-refractivity contribution in [3.8, 4) is 0 Å². The third-order valence-corrected chi connectivity index (χ3v) is 8.11. The van der Waals surface area contributed by atoms with E-state index in [1.54, 1.807) is 12.1 Å². The van der Waals surface area contributed by atoms with Crippen molar-refractivity contribution in [2.24, 2.45) is 28.6 Å². The smallest absolute Gasteiger partial charge is 0.309 e. The summed E-state index contributed by atoms with van der Waals surface area (Å²) in [7, 11) is 1.29. The lowest BCUT2D eigenvalue weighted by Gasteiger charge is -2.61. The molecule has 0 radical (unpaired) electrons. The number of hydrogen-bond acceptors (Lipinski definition) is 9. The van der Waals surface area contributed by atoms with Crippen LogP contribution in [0.4, 0.5) is 0 Å². The summed E-state index contributed by atoms with van der Waals surface area (Å²) in [4.78, 5) is 51.4. The highest BCUT2D eigenvalue weighted by Crippen LogP contribution is 2.64. The Morgan fingerprint density at radius 2 is 1.97 bits per heavy atom. The number of hydrogen-bond donors (Lipinski definition) is 1. The van der Waals surface area contributed by atoms with Gasteiger partial charge in [0.1, 0.15) is 18.0 Å². The molecule has 1 saturated heterocycles. The summed E-state index contributed by atoms with van der Waals surface area (Å²) in [5.41, 5.74) is -1.73. The van der Waals surface area contributed by atoms with Gasteiger partial charge in [-0.1, -0.05) is 13.8 Å². The Hall–Kier alpha value is -2.68. The van der Waals surface area contributed by atoms with Gasteiger partial charge in [0.25, 0.3) is 0 Å². The highest BCUT2D eigenvalue weighted by Gasteiger charge is 2.68. The maximum Gasteiger partial charge on any atom is 0.309 e. The Morgan fingerprint density at radius 3 is 2.58 bits per heavy atom. The molecule has 2 aliphatic carbocycles. The predicted molar refractivity (Wildman–Crippen MR) is 111 cm³/mol. The van der Waals surface area contributed by atoms with Gasteiger partial charge < -0.3 is 23.7 Å². The zero-order valence-corrected chi connectivity index (χ0v) is 19.2. The van der Waals surface area contributed by atoms with Crippen LogP contribution in [0.1, 0.15) is 58.3 Å². The van der Waals surface area contributed by atoms with Crippen LogP contribution in [-0.4, -0.2) is 48.1 Å². The second kappa shape index (κ2) is 8.27. The van der Waals surface area contributed by atoms with Crippen LogP contribution in [0.25, 0.3) is 0 Å². The number of esters is 3. The number of aliphatic hydroxyl groups excluding tert-OH is 1. The van der Waals surface area contributed by atoms with Gasteiger partial charge in [0, 0.05) is 19.3 Å². The zero-order valence-electron chi connectivity index (χ0n) is 19.2. The Bertz CT molecular complexity index is 953. The van der Waals surface area contributed by atoms with Crippen molar-refractivity contribution >= 4 is 23.7 Å². The molecule has 1 aliphatic heterocycles. The van der Waals surface area contributed by atoms with E-state index in [-0.39, 0.29) is 24.4 Å². The van der Waals surface area contributed by atoms with Crippen LogP contribution in [0.2, 0.25) is 0 Å². The molecule has 2 saturated carbocycles. The lowest BCUT2D eigenvalue weighted by Crippen LogP contribution is -2.65. The van der Waals surface area contributed by atoms with Crippen LogP contribution in [0.5, 0.6) is 0 Å². The topological polar surface area (TPSA) is 129 Å². The van der Waals surface area contributed by atoms with E-state index < -0.39 is 64.8 Å². The standard InChI is InChI=1S/C24H30O9/c1-12(25)32-16-10-14(21(28)30-4)23(2)8-7-13-22(29)33-17(18(26)15-6-5-9-31-15)11-24(13,3)20(23)19(16)27/h5-6,9,13-14,16-18,20,26H,7-8,10-11H2,1-4H3/t13-,14-,16-,17-,18?,20-,23-,24-/m0/s1. The first-order valence-corrected chi connectivity index (χ1v) is 11.2. The molecule has 9 heteroatoms. The molecule has 33 heavy (non-hydrogen) atoms. The van der Waals surface area contributed by atoms with E-state index in [4.69, 9.17) is 18.6 Å². The lowest BCUT2D eigenvalue weighted by molar-refractivity contribution is -0.216. The Balaban J connectivity index is 1.76. The first-order chi connectivity index (χ1) is 15.5. The molecular formula is C24H30O9. The highest BCUT2D eigenvalue weighted by molar-refractivity contribution is 5.93. The number of methoxy groups -OCH3 is 1. The number of rotatable bonds is 4. The molecule has 3 aliphatic rings. The fraction of sp³-hybridized carbons (Fsp3) is 0.667. The van der Waals surface area contributed by atoms with Crippen LogP contribution >= 0.6 is 0 Å².